The number of benzene rings is 1. The average molecular weight is 269 g/mol. The van der Waals surface area contributed by atoms with E-state index in [2.05, 4.69) is 11.4 Å². The van der Waals surface area contributed by atoms with Gasteiger partial charge >= 0.3 is 0 Å². The zero-order chi connectivity index (χ0) is 13.7. The minimum atomic E-state index is -1.41. The summed E-state index contributed by atoms with van der Waals surface area (Å²) in [4.78, 5) is 0. The van der Waals surface area contributed by atoms with Crippen molar-refractivity contribution >= 4 is 0 Å². The Kier molecular flexibility index (Phi) is 5.02. The molecule has 0 aliphatic heterocycles. The van der Waals surface area contributed by atoms with Crippen molar-refractivity contribution in [3.8, 4) is 0 Å². The molecule has 0 atom stereocenters. The molecule has 2 rings (SSSR count). The van der Waals surface area contributed by atoms with E-state index in [4.69, 9.17) is 0 Å². The Labute approximate surface area is 111 Å². The van der Waals surface area contributed by atoms with E-state index in [9.17, 15) is 13.2 Å². The van der Waals surface area contributed by atoms with Gasteiger partial charge in [-0.25, -0.2) is 13.2 Å². The molecule has 0 amide bonds. The van der Waals surface area contributed by atoms with Crippen LogP contribution in [0.3, 0.4) is 0 Å². The second kappa shape index (κ2) is 6.75. The van der Waals surface area contributed by atoms with E-state index in [0.29, 0.717) is 12.1 Å². The van der Waals surface area contributed by atoms with E-state index < -0.39 is 17.5 Å². The van der Waals surface area contributed by atoms with Crippen molar-refractivity contribution in [1.29, 1.82) is 0 Å². The fourth-order valence-electron chi connectivity index (χ4n) is 2.32. The third-order valence-corrected chi connectivity index (χ3v) is 3.38. The number of allylic oxidation sites excluding steroid dienone is 1. The van der Waals surface area contributed by atoms with Crippen LogP contribution in [-0.4, -0.2) is 6.54 Å². The molecule has 1 N–H and O–H groups in total. The molecule has 0 saturated carbocycles. The van der Waals surface area contributed by atoms with E-state index >= 15 is 0 Å². The first-order chi connectivity index (χ1) is 9.16. The van der Waals surface area contributed by atoms with Gasteiger partial charge in [-0.15, -0.1) is 0 Å². The molecule has 0 unspecified atom stereocenters. The van der Waals surface area contributed by atoms with Crippen LogP contribution in [0.25, 0.3) is 0 Å². The molecule has 0 spiro atoms. The molecule has 4 heteroatoms. The lowest BCUT2D eigenvalue weighted by Gasteiger charge is -2.13. The SMILES string of the molecule is Fc1cc(CNCCC2=CCCCC2)cc(F)c1F. The number of hydrogen-bond donors (Lipinski definition) is 1. The number of rotatable bonds is 5. The summed E-state index contributed by atoms with van der Waals surface area (Å²) >= 11 is 0. The van der Waals surface area contributed by atoms with Gasteiger partial charge < -0.3 is 5.32 Å². The summed E-state index contributed by atoms with van der Waals surface area (Å²) < 4.78 is 38.7. The summed E-state index contributed by atoms with van der Waals surface area (Å²) in [6, 6.07) is 2.07. The van der Waals surface area contributed by atoms with E-state index in [-0.39, 0.29) is 0 Å². The first-order valence-electron chi connectivity index (χ1n) is 6.69. The second-order valence-corrected chi connectivity index (χ2v) is 4.91. The van der Waals surface area contributed by atoms with E-state index in [1.807, 2.05) is 0 Å². The Balaban J connectivity index is 1.78. The zero-order valence-corrected chi connectivity index (χ0v) is 10.8. The summed E-state index contributed by atoms with van der Waals surface area (Å²) in [6.07, 6.45) is 8.07. The Hall–Kier alpha value is -1.29. The lowest BCUT2D eigenvalue weighted by molar-refractivity contribution is 0.444. The molecule has 0 radical (unpaired) electrons. The Morgan fingerprint density at radius 1 is 1.05 bits per heavy atom. The summed E-state index contributed by atoms with van der Waals surface area (Å²) in [6.45, 7) is 1.12. The molecule has 1 aromatic rings. The predicted octanol–water partition coefficient (Wildman–Crippen LogP) is 4.08. The third kappa shape index (κ3) is 4.10. The molecule has 0 aromatic heterocycles. The maximum absolute atomic E-state index is 13.0. The molecule has 1 nitrogen and oxygen atoms in total. The van der Waals surface area contributed by atoms with Crippen molar-refractivity contribution in [2.45, 2.75) is 38.6 Å². The highest BCUT2D eigenvalue weighted by molar-refractivity contribution is 5.19. The summed E-state index contributed by atoms with van der Waals surface area (Å²) in [7, 11) is 0. The van der Waals surface area contributed by atoms with E-state index in [1.165, 1.54) is 18.4 Å². The minimum absolute atomic E-state index is 0.349. The van der Waals surface area contributed by atoms with Crippen LogP contribution in [0, 0.1) is 17.5 Å². The molecule has 0 heterocycles. The van der Waals surface area contributed by atoms with E-state index in [1.54, 1.807) is 0 Å². The normalized spacial score (nSPS) is 15.4. The standard InChI is InChI=1S/C15H18F3N/c16-13-8-12(9-14(17)15(13)18)10-19-7-6-11-4-2-1-3-5-11/h4,8-9,19H,1-3,5-7,10H2. The van der Waals surface area contributed by atoms with Gasteiger partial charge in [0.15, 0.2) is 17.5 Å². The van der Waals surface area contributed by atoms with Crippen LogP contribution in [0.1, 0.15) is 37.7 Å². The van der Waals surface area contributed by atoms with Gasteiger partial charge in [-0.2, -0.15) is 0 Å². The third-order valence-electron chi connectivity index (χ3n) is 3.38. The van der Waals surface area contributed by atoms with Crippen molar-refractivity contribution in [1.82, 2.24) is 5.32 Å². The molecule has 1 aliphatic carbocycles. The smallest absolute Gasteiger partial charge is 0.194 e. The van der Waals surface area contributed by atoms with Gasteiger partial charge in [0.25, 0.3) is 0 Å². The first-order valence-corrected chi connectivity index (χ1v) is 6.69. The second-order valence-electron chi connectivity index (χ2n) is 4.91. The molecule has 104 valence electrons. The van der Waals surface area contributed by atoms with Crippen molar-refractivity contribution in [2.75, 3.05) is 6.54 Å². The van der Waals surface area contributed by atoms with Gasteiger partial charge in [-0.3, -0.25) is 0 Å². The van der Waals surface area contributed by atoms with Crippen LogP contribution in [0.5, 0.6) is 0 Å². The fraction of sp³-hybridized carbons (Fsp3) is 0.467. The maximum Gasteiger partial charge on any atom is 0.194 e. The Morgan fingerprint density at radius 2 is 1.79 bits per heavy atom. The zero-order valence-electron chi connectivity index (χ0n) is 10.8. The Morgan fingerprint density at radius 3 is 2.42 bits per heavy atom. The van der Waals surface area contributed by atoms with E-state index in [0.717, 1.165) is 37.9 Å². The van der Waals surface area contributed by atoms with Crippen LogP contribution in [0.15, 0.2) is 23.8 Å². The highest BCUT2D eigenvalue weighted by Gasteiger charge is 2.10. The quantitative estimate of drug-likeness (QED) is 0.482. The van der Waals surface area contributed by atoms with Crippen LogP contribution in [-0.2, 0) is 6.54 Å². The van der Waals surface area contributed by atoms with Gasteiger partial charge in [0.05, 0.1) is 0 Å². The van der Waals surface area contributed by atoms with Gasteiger partial charge in [0.2, 0.25) is 0 Å². The van der Waals surface area contributed by atoms with Gasteiger partial charge in [-0.05, 0) is 56.3 Å². The molecule has 1 aromatic carbocycles. The van der Waals surface area contributed by atoms with Crippen molar-refractivity contribution in [2.24, 2.45) is 0 Å². The highest BCUT2D eigenvalue weighted by atomic mass is 19.2. The van der Waals surface area contributed by atoms with Crippen LogP contribution in [0.4, 0.5) is 13.2 Å². The molecule has 0 bridgehead atoms. The van der Waals surface area contributed by atoms with Crippen molar-refractivity contribution < 1.29 is 13.2 Å². The molecule has 1 aliphatic rings. The summed E-state index contributed by atoms with van der Waals surface area (Å²) in [5.74, 6) is -3.67. The lowest BCUT2D eigenvalue weighted by Crippen LogP contribution is -2.16. The highest BCUT2D eigenvalue weighted by Crippen LogP contribution is 2.19. The van der Waals surface area contributed by atoms with Gasteiger partial charge in [0, 0.05) is 6.54 Å². The van der Waals surface area contributed by atoms with Crippen molar-refractivity contribution in [3.63, 3.8) is 0 Å². The molecular formula is C15H18F3N. The van der Waals surface area contributed by atoms with Gasteiger partial charge in [-0.1, -0.05) is 11.6 Å². The number of nitrogens with one attached hydrogen (secondary N) is 1. The maximum atomic E-state index is 13.0. The first kappa shape index (κ1) is 14.1. The number of halogens is 3. The monoisotopic (exact) mass is 269 g/mol. The van der Waals surface area contributed by atoms with Crippen LogP contribution in [0.2, 0.25) is 0 Å². The van der Waals surface area contributed by atoms with Crippen LogP contribution >= 0.6 is 0 Å². The molecule has 0 saturated heterocycles. The largest absolute Gasteiger partial charge is 0.312 e. The summed E-state index contributed by atoms with van der Waals surface area (Å²) in [5, 5.41) is 3.13. The number of hydrogen-bond acceptors (Lipinski definition) is 1. The topological polar surface area (TPSA) is 12.0 Å². The molecular weight excluding hydrogens is 251 g/mol. The van der Waals surface area contributed by atoms with Crippen LogP contribution < -0.4 is 5.32 Å². The summed E-state index contributed by atoms with van der Waals surface area (Å²) in [5.41, 5.74) is 1.88. The molecule has 0 fully saturated rings. The Bertz CT molecular complexity index is 445. The predicted molar refractivity (Wildman–Crippen MR) is 69.2 cm³/mol. The lowest BCUT2D eigenvalue weighted by atomic mass is 9.97. The molecule has 19 heavy (non-hydrogen) atoms. The minimum Gasteiger partial charge on any atom is -0.312 e. The fourth-order valence-corrected chi connectivity index (χ4v) is 2.32. The average Bonchev–Trinajstić information content (AvgIpc) is 2.42. The van der Waals surface area contributed by atoms with Crippen molar-refractivity contribution in [3.05, 3.63) is 46.8 Å². The van der Waals surface area contributed by atoms with Gasteiger partial charge in [0.1, 0.15) is 0 Å².